The highest BCUT2D eigenvalue weighted by molar-refractivity contribution is 5.36. The number of hydrogen-bond acceptors (Lipinski definition) is 2. The van der Waals surface area contributed by atoms with Crippen LogP contribution in [0.4, 0.5) is 0 Å². The minimum Gasteiger partial charge on any atom is -0.496 e. The van der Waals surface area contributed by atoms with Crippen molar-refractivity contribution in [2.24, 2.45) is 11.8 Å². The predicted molar refractivity (Wildman–Crippen MR) is 85.2 cm³/mol. The van der Waals surface area contributed by atoms with Gasteiger partial charge >= 0.3 is 0 Å². The zero-order chi connectivity index (χ0) is 14.4. The monoisotopic (exact) mass is 275 g/mol. The fourth-order valence-electron chi connectivity index (χ4n) is 3.60. The largest absolute Gasteiger partial charge is 0.496 e. The van der Waals surface area contributed by atoms with E-state index >= 15 is 0 Å². The van der Waals surface area contributed by atoms with Crippen LogP contribution >= 0.6 is 0 Å². The summed E-state index contributed by atoms with van der Waals surface area (Å²) in [6, 6.07) is 8.92. The van der Waals surface area contributed by atoms with Crippen molar-refractivity contribution in [3.8, 4) is 5.75 Å². The van der Waals surface area contributed by atoms with Crippen molar-refractivity contribution >= 4 is 0 Å². The van der Waals surface area contributed by atoms with Gasteiger partial charge in [-0.3, -0.25) is 0 Å². The molecule has 0 aliphatic heterocycles. The summed E-state index contributed by atoms with van der Waals surface area (Å²) in [5.74, 6) is 2.72. The average molecular weight is 275 g/mol. The lowest BCUT2D eigenvalue weighted by atomic mass is 9.76. The van der Waals surface area contributed by atoms with Gasteiger partial charge in [0.1, 0.15) is 5.75 Å². The normalized spacial score (nSPS) is 24.4. The first kappa shape index (κ1) is 15.4. The third-order valence-electron chi connectivity index (χ3n) is 4.84. The van der Waals surface area contributed by atoms with Crippen LogP contribution in [0, 0.1) is 11.8 Å². The molecule has 1 unspecified atom stereocenters. The fraction of sp³-hybridized carbons (Fsp3) is 0.667. The number of hydrogen-bond donors (Lipinski definition) is 1. The molecule has 0 spiro atoms. The fourth-order valence-corrected chi connectivity index (χ4v) is 3.60. The Morgan fingerprint density at radius 1 is 1.15 bits per heavy atom. The second-order valence-corrected chi connectivity index (χ2v) is 5.97. The van der Waals surface area contributed by atoms with Crippen LogP contribution < -0.4 is 10.1 Å². The topological polar surface area (TPSA) is 21.3 Å². The number of methoxy groups -OCH3 is 1. The average Bonchev–Trinajstić information content (AvgIpc) is 2.53. The Balaban J connectivity index is 2.14. The number of nitrogens with one attached hydrogen (secondary N) is 1. The number of para-hydroxylation sites is 1. The highest BCUT2D eigenvalue weighted by Crippen LogP contribution is 2.40. The Kier molecular flexibility index (Phi) is 5.90. The van der Waals surface area contributed by atoms with Crippen LogP contribution in [0.25, 0.3) is 0 Å². The maximum atomic E-state index is 5.57. The van der Waals surface area contributed by atoms with Crippen molar-refractivity contribution < 1.29 is 4.74 Å². The van der Waals surface area contributed by atoms with Crippen molar-refractivity contribution in [2.45, 2.75) is 52.0 Å². The third kappa shape index (κ3) is 3.54. The molecule has 1 aromatic carbocycles. The number of rotatable bonds is 6. The summed E-state index contributed by atoms with van der Waals surface area (Å²) in [7, 11) is 1.77. The number of benzene rings is 1. The second kappa shape index (κ2) is 7.68. The summed E-state index contributed by atoms with van der Waals surface area (Å²) in [5, 5.41) is 3.70. The van der Waals surface area contributed by atoms with Crippen molar-refractivity contribution in [2.75, 3.05) is 13.7 Å². The smallest absolute Gasteiger partial charge is 0.123 e. The molecule has 1 saturated carbocycles. The van der Waals surface area contributed by atoms with Crippen LogP contribution in [0.5, 0.6) is 5.75 Å². The first-order chi connectivity index (χ1) is 9.80. The van der Waals surface area contributed by atoms with E-state index in [4.69, 9.17) is 4.74 Å². The van der Waals surface area contributed by atoms with Crippen molar-refractivity contribution in [1.82, 2.24) is 5.32 Å². The molecular formula is C18H29NO. The summed E-state index contributed by atoms with van der Waals surface area (Å²) < 4.78 is 5.57. The van der Waals surface area contributed by atoms with E-state index in [0.29, 0.717) is 6.04 Å². The molecule has 20 heavy (non-hydrogen) atoms. The zero-order valence-electron chi connectivity index (χ0n) is 13.2. The van der Waals surface area contributed by atoms with E-state index < -0.39 is 0 Å². The lowest BCUT2D eigenvalue weighted by molar-refractivity contribution is 0.217. The molecular weight excluding hydrogens is 246 g/mol. The summed E-state index contributed by atoms with van der Waals surface area (Å²) in [6.07, 6.45) is 6.80. The minimum atomic E-state index is 0.439. The van der Waals surface area contributed by atoms with Gasteiger partial charge in [0.25, 0.3) is 0 Å². The molecule has 0 radical (unpaired) electrons. The molecule has 0 saturated heterocycles. The molecule has 0 amide bonds. The van der Waals surface area contributed by atoms with E-state index in [1.165, 1.54) is 37.7 Å². The first-order valence-electron chi connectivity index (χ1n) is 8.16. The molecule has 112 valence electrons. The Morgan fingerprint density at radius 3 is 2.45 bits per heavy atom. The molecule has 1 N–H and O–H groups in total. The maximum Gasteiger partial charge on any atom is 0.123 e. The summed E-state index contributed by atoms with van der Waals surface area (Å²) in [4.78, 5) is 0. The van der Waals surface area contributed by atoms with Crippen LogP contribution in [-0.4, -0.2) is 13.7 Å². The van der Waals surface area contributed by atoms with Gasteiger partial charge in [-0.05, 0) is 37.3 Å². The summed E-state index contributed by atoms with van der Waals surface area (Å²) in [5.41, 5.74) is 1.33. The highest BCUT2D eigenvalue weighted by atomic mass is 16.5. The molecule has 0 heterocycles. The van der Waals surface area contributed by atoms with Crippen LogP contribution in [0.1, 0.15) is 57.6 Å². The molecule has 2 nitrogen and oxygen atoms in total. The quantitative estimate of drug-likeness (QED) is 0.821. The highest BCUT2D eigenvalue weighted by Gasteiger charge is 2.29. The predicted octanol–water partition coefficient (Wildman–Crippen LogP) is 4.56. The van der Waals surface area contributed by atoms with Crippen molar-refractivity contribution in [3.63, 3.8) is 0 Å². The van der Waals surface area contributed by atoms with Crippen molar-refractivity contribution in [3.05, 3.63) is 29.8 Å². The van der Waals surface area contributed by atoms with Gasteiger partial charge in [0.05, 0.1) is 7.11 Å². The lowest BCUT2D eigenvalue weighted by Crippen LogP contribution is -2.31. The van der Waals surface area contributed by atoms with E-state index in [9.17, 15) is 0 Å². The molecule has 1 atom stereocenters. The number of ether oxygens (including phenoxy) is 1. The third-order valence-corrected chi connectivity index (χ3v) is 4.84. The van der Waals surface area contributed by atoms with Gasteiger partial charge in [-0.1, -0.05) is 51.3 Å². The Bertz CT molecular complexity index is 396. The minimum absolute atomic E-state index is 0.439. The molecule has 1 aromatic rings. The van der Waals surface area contributed by atoms with E-state index in [1.54, 1.807) is 7.11 Å². The van der Waals surface area contributed by atoms with E-state index in [0.717, 1.165) is 24.1 Å². The van der Waals surface area contributed by atoms with E-state index in [-0.39, 0.29) is 0 Å². The van der Waals surface area contributed by atoms with Crippen LogP contribution in [-0.2, 0) is 0 Å². The van der Waals surface area contributed by atoms with Gasteiger partial charge in [-0.25, -0.2) is 0 Å². The molecule has 0 bridgehead atoms. The molecule has 2 heteroatoms. The SMILES string of the molecule is CCNC(c1ccccc1OC)C1CCC(CC)CC1. The van der Waals surface area contributed by atoms with Crippen LogP contribution in [0.2, 0.25) is 0 Å². The van der Waals surface area contributed by atoms with E-state index in [2.05, 4.69) is 43.4 Å². The molecule has 1 aliphatic carbocycles. The zero-order valence-corrected chi connectivity index (χ0v) is 13.2. The standard InChI is InChI=1S/C18H29NO/c1-4-14-10-12-15(13-11-14)18(19-5-2)16-8-6-7-9-17(16)20-3/h6-9,14-15,18-19H,4-5,10-13H2,1-3H3. The Morgan fingerprint density at radius 2 is 1.85 bits per heavy atom. The molecule has 0 aromatic heterocycles. The summed E-state index contributed by atoms with van der Waals surface area (Å²) >= 11 is 0. The first-order valence-corrected chi connectivity index (χ1v) is 8.16. The Labute approximate surface area is 123 Å². The van der Waals surface area contributed by atoms with Crippen molar-refractivity contribution in [1.29, 1.82) is 0 Å². The van der Waals surface area contributed by atoms with Gasteiger partial charge < -0.3 is 10.1 Å². The van der Waals surface area contributed by atoms with Gasteiger partial charge in [0.15, 0.2) is 0 Å². The lowest BCUT2D eigenvalue weighted by Gasteiger charge is -2.35. The van der Waals surface area contributed by atoms with Crippen LogP contribution in [0.3, 0.4) is 0 Å². The Hall–Kier alpha value is -1.02. The van der Waals surface area contributed by atoms with E-state index in [1.807, 2.05) is 0 Å². The van der Waals surface area contributed by atoms with Gasteiger partial charge in [-0.2, -0.15) is 0 Å². The molecule has 1 aliphatic rings. The molecule has 2 rings (SSSR count). The van der Waals surface area contributed by atoms with Gasteiger partial charge in [-0.15, -0.1) is 0 Å². The summed E-state index contributed by atoms with van der Waals surface area (Å²) in [6.45, 7) is 5.53. The van der Waals surface area contributed by atoms with Gasteiger partial charge in [0, 0.05) is 11.6 Å². The van der Waals surface area contributed by atoms with Gasteiger partial charge in [0.2, 0.25) is 0 Å². The second-order valence-electron chi connectivity index (χ2n) is 5.97. The maximum absolute atomic E-state index is 5.57. The molecule has 1 fully saturated rings. The van der Waals surface area contributed by atoms with Crippen LogP contribution in [0.15, 0.2) is 24.3 Å².